The summed E-state index contributed by atoms with van der Waals surface area (Å²) in [6.45, 7) is -0.397. The Hall–Kier alpha value is -1.10. The number of aliphatic hydroxyl groups is 1. The summed E-state index contributed by atoms with van der Waals surface area (Å²) in [5.41, 5.74) is 0. The van der Waals surface area contributed by atoms with Crippen LogP contribution in [-0.2, 0) is 9.53 Å². The SMILES string of the molecule is O=C(O)OC(=O)CCO. The molecule has 5 nitrogen and oxygen atoms in total. The Labute approximate surface area is 50.9 Å². The van der Waals surface area contributed by atoms with Crippen molar-refractivity contribution < 1.29 is 24.5 Å². The van der Waals surface area contributed by atoms with Gasteiger partial charge >= 0.3 is 12.1 Å². The molecule has 0 aromatic heterocycles. The van der Waals surface area contributed by atoms with Crippen LogP contribution < -0.4 is 0 Å². The smallest absolute Gasteiger partial charge is 0.449 e. The molecule has 0 amide bonds. The van der Waals surface area contributed by atoms with Gasteiger partial charge in [0.15, 0.2) is 0 Å². The maximum absolute atomic E-state index is 10.1. The van der Waals surface area contributed by atoms with Gasteiger partial charge in [-0.3, -0.25) is 4.79 Å². The van der Waals surface area contributed by atoms with E-state index in [0.717, 1.165) is 0 Å². The first-order chi connectivity index (χ1) is 4.16. The summed E-state index contributed by atoms with van der Waals surface area (Å²) in [5, 5.41) is 15.8. The summed E-state index contributed by atoms with van der Waals surface area (Å²) < 4.78 is 3.61. The highest BCUT2D eigenvalue weighted by atomic mass is 16.7. The van der Waals surface area contributed by atoms with E-state index < -0.39 is 18.7 Å². The molecule has 0 spiro atoms. The highest BCUT2D eigenvalue weighted by molar-refractivity contribution is 5.80. The molecule has 0 rings (SSSR count). The van der Waals surface area contributed by atoms with Gasteiger partial charge in [0.2, 0.25) is 0 Å². The van der Waals surface area contributed by atoms with Crippen LogP contribution in [0.1, 0.15) is 6.42 Å². The van der Waals surface area contributed by atoms with Crippen LogP contribution in [0, 0.1) is 0 Å². The summed E-state index contributed by atoms with van der Waals surface area (Å²) in [5.74, 6) is -0.940. The standard InChI is InChI=1S/C4H6O5/c5-2-1-3(6)9-4(7)8/h5H,1-2H2,(H,7,8). The van der Waals surface area contributed by atoms with Gasteiger partial charge < -0.3 is 14.9 Å². The Balaban J connectivity index is 3.39. The third kappa shape index (κ3) is 4.76. The van der Waals surface area contributed by atoms with Gasteiger partial charge in [-0.1, -0.05) is 0 Å². The quantitative estimate of drug-likeness (QED) is 0.396. The van der Waals surface area contributed by atoms with Crippen LogP contribution in [0.25, 0.3) is 0 Å². The van der Waals surface area contributed by atoms with Gasteiger partial charge in [0.25, 0.3) is 0 Å². The highest BCUT2D eigenvalue weighted by Crippen LogP contribution is 1.84. The Morgan fingerprint density at radius 1 is 1.44 bits per heavy atom. The number of aliphatic hydroxyl groups excluding tert-OH is 1. The number of carbonyl (C=O) groups is 2. The molecular formula is C4H6O5. The number of esters is 1. The molecule has 0 saturated heterocycles. The Morgan fingerprint density at radius 3 is 2.33 bits per heavy atom. The van der Waals surface area contributed by atoms with Crippen molar-refractivity contribution in [3.05, 3.63) is 0 Å². The summed E-state index contributed by atoms with van der Waals surface area (Å²) in [6.07, 6.45) is -1.93. The van der Waals surface area contributed by atoms with E-state index in [1.807, 2.05) is 0 Å². The van der Waals surface area contributed by atoms with Crippen LogP contribution in [0.3, 0.4) is 0 Å². The Bertz CT molecular complexity index is 118. The van der Waals surface area contributed by atoms with Gasteiger partial charge in [0, 0.05) is 0 Å². The molecule has 9 heavy (non-hydrogen) atoms. The second kappa shape index (κ2) is 3.85. The summed E-state index contributed by atoms with van der Waals surface area (Å²) in [4.78, 5) is 19.7. The molecule has 0 bridgehead atoms. The minimum absolute atomic E-state index is 0.285. The minimum atomic E-state index is -1.64. The highest BCUT2D eigenvalue weighted by Gasteiger charge is 2.05. The van der Waals surface area contributed by atoms with Gasteiger partial charge in [-0.25, -0.2) is 4.79 Å². The molecule has 0 unspecified atom stereocenters. The first kappa shape index (κ1) is 7.90. The van der Waals surface area contributed by atoms with Crippen LogP contribution in [0.2, 0.25) is 0 Å². The number of carboxylic acid groups (broad SMARTS) is 1. The van der Waals surface area contributed by atoms with Gasteiger partial charge in [-0.2, -0.15) is 0 Å². The van der Waals surface area contributed by atoms with Crippen LogP contribution >= 0.6 is 0 Å². The fraction of sp³-hybridized carbons (Fsp3) is 0.500. The fourth-order valence-electron chi connectivity index (χ4n) is 0.240. The van der Waals surface area contributed by atoms with E-state index in [0.29, 0.717) is 0 Å². The molecule has 0 aromatic carbocycles. The molecule has 0 aliphatic carbocycles. The van der Waals surface area contributed by atoms with Crippen molar-refractivity contribution in [3.63, 3.8) is 0 Å². The van der Waals surface area contributed by atoms with E-state index in [-0.39, 0.29) is 6.42 Å². The molecule has 0 fully saturated rings. The number of carbonyl (C=O) groups excluding carboxylic acids is 1. The lowest BCUT2D eigenvalue weighted by atomic mass is 10.5. The average Bonchev–Trinajstić information content (AvgIpc) is 1.63. The fourth-order valence-corrected chi connectivity index (χ4v) is 0.240. The lowest BCUT2D eigenvalue weighted by Gasteiger charge is -1.92. The lowest BCUT2D eigenvalue weighted by Crippen LogP contribution is -2.10. The molecule has 0 radical (unpaired) electrons. The average molecular weight is 134 g/mol. The first-order valence-electron chi connectivity index (χ1n) is 2.21. The van der Waals surface area contributed by atoms with Crippen molar-refractivity contribution >= 4 is 12.1 Å². The number of ether oxygens (including phenoxy) is 1. The molecule has 0 saturated carbocycles. The molecule has 0 aromatic rings. The van der Waals surface area contributed by atoms with E-state index in [9.17, 15) is 9.59 Å². The summed E-state index contributed by atoms with van der Waals surface area (Å²) >= 11 is 0. The first-order valence-corrected chi connectivity index (χ1v) is 2.21. The Kier molecular flexibility index (Phi) is 3.38. The maximum Gasteiger partial charge on any atom is 0.513 e. The van der Waals surface area contributed by atoms with Gasteiger partial charge in [0.1, 0.15) is 0 Å². The van der Waals surface area contributed by atoms with Crippen molar-refractivity contribution in [1.82, 2.24) is 0 Å². The monoisotopic (exact) mass is 134 g/mol. The molecule has 0 aliphatic rings. The lowest BCUT2D eigenvalue weighted by molar-refractivity contribution is -0.139. The topological polar surface area (TPSA) is 83.8 Å². The second-order valence-corrected chi connectivity index (χ2v) is 1.21. The van der Waals surface area contributed by atoms with E-state index in [1.165, 1.54) is 0 Å². The zero-order chi connectivity index (χ0) is 7.28. The third-order valence-corrected chi connectivity index (χ3v) is 0.517. The second-order valence-electron chi connectivity index (χ2n) is 1.21. The van der Waals surface area contributed by atoms with Crippen LogP contribution in [-0.4, -0.2) is 28.9 Å². The van der Waals surface area contributed by atoms with Crippen molar-refractivity contribution in [1.29, 1.82) is 0 Å². The normalized spacial score (nSPS) is 8.56. The van der Waals surface area contributed by atoms with E-state index >= 15 is 0 Å². The van der Waals surface area contributed by atoms with Gasteiger partial charge in [0.05, 0.1) is 13.0 Å². The molecule has 52 valence electrons. The third-order valence-electron chi connectivity index (χ3n) is 0.517. The van der Waals surface area contributed by atoms with Crippen LogP contribution in [0.5, 0.6) is 0 Å². The summed E-state index contributed by atoms with van der Waals surface area (Å²) in [6, 6.07) is 0. The van der Waals surface area contributed by atoms with E-state index in [1.54, 1.807) is 0 Å². The van der Waals surface area contributed by atoms with Gasteiger partial charge in [-0.05, 0) is 0 Å². The molecular weight excluding hydrogens is 128 g/mol. The van der Waals surface area contributed by atoms with Crippen molar-refractivity contribution in [2.24, 2.45) is 0 Å². The van der Waals surface area contributed by atoms with Crippen molar-refractivity contribution in [2.75, 3.05) is 6.61 Å². The number of rotatable bonds is 2. The van der Waals surface area contributed by atoms with Crippen LogP contribution in [0.15, 0.2) is 0 Å². The maximum atomic E-state index is 10.1. The zero-order valence-electron chi connectivity index (χ0n) is 4.53. The van der Waals surface area contributed by atoms with Gasteiger partial charge in [-0.15, -0.1) is 0 Å². The molecule has 5 heteroatoms. The van der Waals surface area contributed by atoms with Crippen molar-refractivity contribution in [3.8, 4) is 0 Å². The van der Waals surface area contributed by atoms with E-state index in [2.05, 4.69) is 4.74 Å². The predicted molar refractivity (Wildman–Crippen MR) is 25.8 cm³/mol. The van der Waals surface area contributed by atoms with E-state index in [4.69, 9.17) is 10.2 Å². The molecule has 0 atom stereocenters. The molecule has 0 aliphatic heterocycles. The minimum Gasteiger partial charge on any atom is -0.449 e. The summed E-state index contributed by atoms with van der Waals surface area (Å²) in [7, 11) is 0. The zero-order valence-corrected chi connectivity index (χ0v) is 4.53. The van der Waals surface area contributed by atoms with Crippen molar-refractivity contribution in [2.45, 2.75) is 6.42 Å². The predicted octanol–water partition coefficient (Wildman–Crippen LogP) is -0.410. The molecule has 2 N–H and O–H groups in total. The Morgan fingerprint density at radius 2 is 2.00 bits per heavy atom. The number of hydrogen-bond acceptors (Lipinski definition) is 4. The molecule has 0 heterocycles. The number of hydrogen-bond donors (Lipinski definition) is 2. The van der Waals surface area contributed by atoms with Crippen LogP contribution in [0.4, 0.5) is 4.79 Å². The largest absolute Gasteiger partial charge is 0.513 e.